The minimum atomic E-state index is -3.00. The summed E-state index contributed by atoms with van der Waals surface area (Å²) in [6.45, 7) is -1.26. The summed E-state index contributed by atoms with van der Waals surface area (Å²) in [5.41, 5.74) is 1.37. The van der Waals surface area contributed by atoms with E-state index in [0.29, 0.717) is 21.8 Å². The van der Waals surface area contributed by atoms with Gasteiger partial charge < -0.3 is 14.8 Å². The lowest BCUT2D eigenvalue weighted by Crippen LogP contribution is -2.14. The Morgan fingerprint density at radius 2 is 2.04 bits per heavy atom. The number of carbonyl (C=O) groups is 1. The number of benzene rings is 2. The third-order valence-corrected chi connectivity index (χ3v) is 4.01. The number of carbonyl (C=O) groups excluding carboxylic acids is 1. The van der Waals surface area contributed by atoms with Crippen molar-refractivity contribution in [2.75, 3.05) is 12.4 Å². The number of ether oxygens (including phenoxy) is 2. The predicted molar refractivity (Wildman–Crippen MR) is 98.0 cm³/mol. The second-order valence-corrected chi connectivity index (χ2v) is 5.73. The molecule has 27 heavy (non-hydrogen) atoms. The van der Waals surface area contributed by atoms with Crippen LogP contribution in [-0.4, -0.2) is 19.6 Å². The fourth-order valence-corrected chi connectivity index (χ4v) is 2.39. The van der Waals surface area contributed by atoms with Gasteiger partial charge in [-0.15, -0.1) is 0 Å². The maximum atomic E-state index is 12.4. The van der Waals surface area contributed by atoms with Crippen LogP contribution in [0.25, 0.3) is 6.08 Å². The van der Waals surface area contributed by atoms with Gasteiger partial charge in [-0.2, -0.15) is 14.0 Å². The largest absolute Gasteiger partial charge is 0.493 e. The average molecular weight is 393 g/mol. The molecule has 0 spiro atoms. The zero-order valence-electron chi connectivity index (χ0n) is 14.4. The van der Waals surface area contributed by atoms with Crippen LogP contribution < -0.4 is 14.8 Å². The predicted octanol–water partition coefficient (Wildman–Crippen LogP) is 4.80. The second-order valence-electron chi connectivity index (χ2n) is 5.33. The number of anilines is 1. The standard InChI is InChI=1S/C19H15ClF2N2O3/c1-11-14(20)4-3-5-15(11)24-18(25)13(10-23)8-12-6-7-16(27-19(21)22)17(9-12)26-2/h3-9,19H,1-2H3,(H,24,25)/b13-8+. The number of rotatable bonds is 6. The molecule has 0 radical (unpaired) electrons. The van der Waals surface area contributed by atoms with E-state index < -0.39 is 12.5 Å². The number of halogens is 3. The molecule has 0 fully saturated rings. The molecule has 2 aromatic rings. The van der Waals surface area contributed by atoms with Gasteiger partial charge in [-0.1, -0.05) is 23.7 Å². The Bertz CT molecular complexity index is 924. The number of hydrogen-bond acceptors (Lipinski definition) is 4. The van der Waals surface area contributed by atoms with Gasteiger partial charge in [-0.25, -0.2) is 0 Å². The minimum absolute atomic E-state index is 0.0485. The van der Waals surface area contributed by atoms with Crippen molar-refractivity contribution in [3.8, 4) is 17.6 Å². The van der Waals surface area contributed by atoms with E-state index in [1.54, 1.807) is 25.1 Å². The molecule has 2 aromatic carbocycles. The van der Waals surface area contributed by atoms with Crippen LogP contribution in [0.3, 0.4) is 0 Å². The van der Waals surface area contributed by atoms with Crippen LogP contribution in [0.1, 0.15) is 11.1 Å². The van der Waals surface area contributed by atoms with Crippen LogP contribution in [-0.2, 0) is 4.79 Å². The number of hydrogen-bond donors (Lipinski definition) is 1. The van der Waals surface area contributed by atoms with E-state index in [0.717, 1.165) is 0 Å². The zero-order valence-corrected chi connectivity index (χ0v) is 15.2. The van der Waals surface area contributed by atoms with Crippen LogP contribution in [0, 0.1) is 18.3 Å². The lowest BCUT2D eigenvalue weighted by Gasteiger charge is -2.11. The molecule has 0 bridgehead atoms. The molecule has 0 saturated heterocycles. The van der Waals surface area contributed by atoms with Crippen LogP contribution in [0.4, 0.5) is 14.5 Å². The molecule has 0 unspecified atom stereocenters. The van der Waals surface area contributed by atoms with Gasteiger partial charge in [0.15, 0.2) is 11.5 Å². The molecule has 0 aromatic heterocycles. The van der Waals surface area contributed by atoms with Crippen molar-refractivity contribution in [1.82, 2.24) is 0 Å². The SMILES string of the molecule is COc1cc(/C=C(\C#N)C(=O)Nc2cccc(Cl)c2C)ccc1OC(F)F. The molecule has 0 aliphatic rings. The number of nitriles is 1. The summed E-state index contributed by atoms with van der Waals surface area (Å²) >= 11 is 6.01. The molecule has 0 aliphatic carbocycles. The van der Waals surface area contributed by atoms with E-state index in [4.69, 9.17) is 16.3 Å². The zero-order chi connectivity index (χ0) is 20.0. The van der Waals surface area contributed by atoms with Gasteiger partial charge in [0.25, 0.3) is 5.91 Å². The Labute approximate surface area is 159 Å². The second kappa shape index (κ2) is 9.01. The van der Waals surface area contributed by atoms with Crippen molar-refractivity contribution in [3.05, 3.63) is 58.1 Å². The first-order valence-electron chi connectivity index (χ1n) is 7.66. The molecule has 2 rings (SSSR count). The highest BCUT2D eigenvalue weighted by atomic mass is 35.5. The van der Waals surface area contributed by atoms with Crippen molar-refractivity contribution in [3.63, 3.8) is 0 Å². The molecule has 0 aliphatic heterocycles. The van der Waals surface area contributed by atoms with Gasteiger partial charge in [-0.05, 0) is 48.4 Å². The molecule has 8 heteroatoms. The van der Waals surface area contributed by atoms with Gasteiger partial charge in [-0.3, -0.25) is 4.79 Å². The Morgan fingerprint density at radius 3 is 2.67 bits per heavy atom. The van der Waals surface area contributed by atoms with Crippen LogP contribution in [0.2, 0.25) is 5.02 Å². The molecule has 5 nitrogen and oxygen atoms in total. The first-order chi connectivity index (χ1) is 12.8. The summed E-state index contributed by atoms with van der Waals surface area (Å²) in [5.74, 6) is -0.732. The Morgan fingerprint density at radius 1 is 1.30 bits per heavy atom. The average Bonchev–Trinajstić information content (AvgIpc) is 2.63. The van der Waals surface area contributed by atoms with Crippen LogP contribution >= 0.6 is 11.6 Å². The van der Waals surface area contributed by atoms with E-state index >= 15 is 0 Å². The van der Waals surface area contributed by atoms with Crippen molar-refractivity contribution in [2.45, 2.75) is 13.5 Å². The molecule has 1 amide bonds. The lowest BCUT2D eigenvalue weighted by atomic mass is 10.1. The number of methoxy groups -OCH3 is 1. The summed E-state index contributed by atoms with van der Waals surface area (Å²) in [5, 5.41) is 12.4. The van der Waals surface area contributed by atoms with Crippen molar-refractivity contribution < 1.29 is 23.0 Å². The molecule has 0 atom stereocenters. The summed E-state index contributed by atoms with van der Waals surface area (Å²) in [4.78, 5) is 12.4. The van der Waals surface area contributed by atoms with E-state index in [-0.39, 0.29) is 17.1 Å². The smallest absolute Gasteiger partial charge is 0.387 e. The van der Waals surface area contributed by atoms with E-state index in [1.807, 2.05) is 6.07 Å². The monoisotopic (exact) mass is 392 g/mol. The molecular weight excluding hydrogens is 378 g/mol. The van der Waals surface area contributed by atoms with E-state index in [9.17, 15) is 18.8 Å². The molecule has 0 heterocycles. The topological polar surface area (TPSA) is 71.3 Å². The fraction of sp³-hybridized carbons (Fsp3) is 0.158. The third-order valence-electron chi connectivity index (χ3n) is 3.60. The fourth-order valence-electron chi connectivity index (χ4n) is 2.22. The van der Waals surface area contributed by atoms with Crippen molar-refractivity contribution >= 4 is 29.3 Å². The van der Waals surface area contributed by atoms with Gasteiger partial charge in [0, 0.05) is 10.7 Å². The van der Waals surface area contributed by atoms with Gasteiger partial charge in [0.2, 0.25) is 0 Å². The maximum absolute atomic E-state index is 12.4. The highest BCUT2D eigenvalue weighted by Crippen LogP contribution is 2.30. The van der Waals surface area contributed by atoms with Crippen LogP contribution in [0.15, 0.2) is 42.0 Å². The maximum Gasteiger partial charge on any atom is 0.387 e. The van der Waals surface area contributed by atoms with E-state index in [2.05, 4.69) is 10.1 Å². The van der Waals surface area contributed by atoms with Crippen LogP contribution in [0.5, 0.6) is 11.5 Å². The Kier molecular flexibility index (Phi) is 6.74. The summed E-state index contributed by atoms with van der Waals surface area (Å²) < 4.78 is 34.1. The normalized spacial score (nSPS) is 11.1. The highest BCUT2D eigenvalue weighted by molar-refractivity contribution is 6.31. The lowest BCUT2D eigenvalue weighted by molar-refractivity contribution is -0.112. The van der Waals surface area contributed by atoms with Crippen molar-refractivity contribution in [1.29, 1.82) is 5.26 Å². The summed E-state index contributed by atoms with van der Waals surface area (Å²) in [6.07, 6.45) is 1.31. The minimum Gasteiger partial charge on any atom is -0.493 e. The molecule has 1 N–H and O–H groups in total. The number of amides is 1. The Balaban J connectivity index is 2.28. The third kappa shape index (κ3) is 5.19. The highest BCUT2D eigenvalue weighted by Gasteiger charge is 2.14. The number of nitrogens with zero attached hydrogens (tertiary/aromatic N) is 1. The molecule has 0 saturated carbocycles. The first-order valence-corrected chi connectivity index (χ1v) is 8.04. The van der Waals surface area contributed by atoms with Gasteiger partial charge in [0.1, 0.15) is 11.6 Å². The first kappa shape index (κ1) is 20.2. The molecular formula is C19H15ClF2N2O3. The van der Waals surface area contributed by atoms with Crippen molar-refractivity contribution in [2.24, 2.45) is 0 Å². The van der Waals surface area contributed by atoms with E-state index in [1.165, 1.54) is 31.4 Å². The quantitative estimate of drug-likeness (QED) is 0.566. The summed E-state index contributed by atoms with van der Waals surface area (Å²) in [6, 6.07) is 10.9. The molecule has 140 valence electrons. The summed E-state index contributed by atoms with van der Waals surface area (Å²) in [7, 11) is 1.29. The Hall–Kier alpha value is -3.11. The number of nitrogens with one attached hydrogen (secondary N) is 1. The number of alkyl halides is 2. The van der Waals surface area contributed by atoms with Gasteiger partial charge >= 0.3 is 6.61 Å². The van der Waals surface area contributed by atoms with Gasteiger partial charge in [0.05, 0.1) is 7.11 Å².